The van der Waals surface area contributed by atoms with Gasteiger partial charge in [0, 0.05) is 38.5 Å². The lowest BCUT2D eigenvalue weighted by Gasteiger charge is -2.40. The van der Waals surface area contributed by atoms with Gasteiger partial charge in [-0.3, -0.25) is 9.58 Å². The molecular formula is C14H26N4O. The van der Waals surface area contributed by atoms with Gasteiger partial charge in [-0.1, -0.05) is 6.92 Å². The second kappa shape index (κ2) is 6.03. The van der Waals surface area contributed by atoms with E-state index in [4.69, 9.17) is 10.5 Å². The van der Waals surface area contributed by atoms with Gasteiger partial charge in [-0.25, -0.2) is 0 Å². The van der Waals surface area contributed by atoms with Crippen LogP contribution in [0.5, 0.6) is 0 Å². The number of hydrogen-bond donors (Lipinski definition) is 1. The van der Waals surface area contributed by atoms with E-state index in [1.54, 1.807) is 7.11 Å². The number of likely N-dealkylation sites (tertiary alicyclic amines) is 1. The first-order chi connectivity index (χ1) is 9.08. The summed E-state index contributed by atoms with van der Waals surface area (Å²) in [5.41, 5.74) is 8.46. The molecule has 1 aromatic heterocycles. The maximum atomic E-state index is 6.02. The molecule has 19 heavy (non-hydrogen) atoms. The van der Waals surface area contributed by atoms with Crippen molar-refractivity contribution in [3.05, 3.63) is 17.5 Å². The molecule has 2 N–H and O–H groups in total. The molecular weight excluding hydrogens is 240 g/mol. The molecule has 1 aromatic rings. The Bertz CT molecular complexity index is 418. The molecule has 0 bridgehead atoms. The Kier molecular flexibility index (Phi) is 4.60. The second-order valence-electron chi connectivity index (χ2n) is 5.60. The van der Waals surface area contributed by atoms with Crippen LogP contribution < -0.4 is 5.73 Å². The molecule has 1 saturated heterocycles. The van der Waals surface area contributed by atoms with E-state index in [0.717, 1.165) is 19.5 Å². The van der Waals surface area contributed by atoms with E-state index in [-0.39, 0.29) is 6.04 Å². The molecule has 0 amide bonds. The first kappa shape index (κ1) is 14.5. The summed E-state index contributed by atoms with van der Waals surface area (Å²) in [5.74, 6) is 0.620. The summed E-state index contributed by atoms with van der Waals surface area (Å²) >= 11 is 0. The van der Waals surface area contributed by atoms with Crippen LogP contribution in [0.15, 0.2) is 6.20 Å². The number of hydrogen-bond acceptors (Lipinski definition) is 4. The maximum Gasteiger partial charge on any atom is 0.0724 e. The molecule has 0 radical (unpaired) electrons. The van der Waals surface area contributed by atoms with Crippen molar-refractivity contribution in [2.75, 3.05) is 26.7 Å². The van der Waals surface area contributed by atoms with E-state index in [1.165, 1.54) is 11.3 Å². The third-order valence-corrected chi connectivity index (χ3v) is 4.52. The van der Waals surface area contributed by atoms with Gasteiger partial charge in [0.25, 0.3) is 0 Å². The Morgan fingerprint density at radius 1 is 1.58 bits per heavy atom. The number of piperidine rings is 1. The van der Waals surface area contributed by atoms with Crippen LogP contribution in [0.4, 0.5) is 0 Å². The minimum absolute atomic E-state index is 0.249. The highest BCUT2D eigenvalue weighted by atomic mass is 16.5. The van der Waals surface area contributed by atoms with E-state index in [9.17, 15) is 0 Å². The van der Waals surface area contributed by atoms with Crippen LogP contribution >= 0.6 is 0 Å². The fraction of sp³-hybridized carbons (Fsp3) is 0.786. The van der Waals surface area contributed by atoms with Crippen molar-refractivity contribution in [3.63, 3.8) is 0 Å². The molecule has 1 aliphatic heterocycles. The monoisotopic (exact) mass is 266 g/mol. The Morgan fingerprint density at radius 2 is 2.32 bits per heavy atom. The van der Waals surface area contributed by atoms with Crippen LogP contribution in [0.1, 0.15) is 30.6 Å². The number of methoxy groups -OCH3 is 1. The van der Waals surface area contributed by atoms with E-state index < -0.39 is 0 Å². The fourth-order valence-electron chi connectivity index (χ4n) is 2.96. The van der Waals surface area contributed by atoms with Crippen molar-refractivity contribution in [1.29, 1.82) is 0 Å². The van der Waals surface area contributed by atoms with Gasteiger partial charge in [0.05, 0.1) is 18.3 Å². The smallest absolute Gasteiger partial charge is 0.0724 e. The number of nitrogens with two attached hydrogens (primary N) is 1. The molecule has 1 fully saturated rings. The topological polar surface area (TPSA) is 56.3 Å². The second-order valence-corrected chi connectivity index (χ2v) is 5.60. The fourth-order valence-corrected chi connectivity index (χ4v) is 2.96. The minimum atomic E-state index is 0.249. The number of aromatic nitrogens is 2. The number of nitrogens with zero attached hydrogens (tertiary/aromatic N) is 3. The highest BCUT2D eigenvalue weighted by molar-refractivity contribution is 5.21. The van der Waals surface area contributed by atoms with Crippen LogP contribution in [0.25, 0.3) is 0 Å². The highest BCUT2D eigenvalue weighted by Crippen LogP contribution is 2.28. The first-order valence-corrected chi connectivity index (χ1v) is 7.03. The molecule has 2 heterocycles. The standard InChI is InChI=1S/C14H26N4O/c1-10-5-6-18(9-14(10)19-4)13(7-15)12-8-16-17(3)11(12)2/h8,10,13-14H,5-7,9,15H2,1-4H3. The summed E-state index contributed by atoms with van der Waals surface area (Å²) in [6.07, 6.45) is 3.42. The molecule has 1 aliphatic rings. The van der Waals surface area contributed by atoms with Gasteiger partial charge in [0.15, 0.2) is 0 Å². The summed E-state index contributed by atoms with van der Waals surface area (Å²) in [5, 5.41) is 4.34. The van der Waals surface area contributed by atoms with Gasteiger partial charge in [-0.2, -0.15) is 5.10 Å². The zero-order chi connectivity index (χ0) is 14.0. The first-order valence-electron chi connectivity index (χ1n) is 7.03. The number of aryl methyl sites for hydroxylation is 1. The summed E-state index contributed by atoms with van der Waals surface area (Å²) in [6.45, 7) is 7.02. The van der Waals surface area contributed by atoms with Crippen molar-refractivity contribution < 1.29 is 4.74 Å². The summed E-state index contributed by atoms with van der Waals surface area (Å²) < 4.78 is 7.51. The van der Waals surface area contributed by atoms with Crippen molar-refractivity contribution in [2.24, 2.45) is 18.7 Å². The van der Waals surface area contributed by atoms with Crippen molar-refractivity contribution in [3.8, 4) is 0 Å². The van der Waals surface area contributed by atoms with Crippen LogP contribution in [-0.2, 0) is 11.8 Å². The minimum Gasteiger partial charge on any atom is -0.380 e. The Morgan fingerprint density at radius 3 is 2.84 bits per heavy atom. The average molecular weight is 266 g/mol. The molecule has 108 valence electrons. The number of ether oxygens (including phenoxy) is 1. The third-order valence-electron chi connectivity index (χ3n) is 4.52. The lowest BCUT2D eigenvalue weighted by atomic mass is 9.93. The maximum absolute atomic E-state index is 6.02. The van der Waals surface area contributed by atoms with Crippen molar-refractivity contribution in [1.82, 2.24) is 14.7 Å². The lowest BCUT2D eigenvalue weighted by Crippen LogP contribution is -2.47. The largest absolute Gasteiger partial charge is 0.380 e. The van der Waals surface area contributed by atoms with Gasteiger partial charge in [-0.15, -0.1) is 0 Å². The molecule has 5 nitrogen and oxygen atoms in total. The highest BCUT2D eigenvalue weighted by Gasteiger charge is 2.31. The zero-order valence-electron chi connectivity index (χ0n) is 12.5. The summed E-state index contributed by atoms with van der Waals surface area (Å²) in [6, 6.07) is 0.249. The summed E-state index contributed by atoms with van der Waals surface area (Å²) in [4.78, 5) is 2.44. The van der Waals surface area contributed by atoms with Gasteiger partial charge in [-0.05, 0) is 25.8 Å². The van der Waals surface area contributed by atoms with E-state index in [0.29, 0.717) is 18.6 Å². The van der Waals surface area contributed by atoms with Gasteiger partial charge < -0.3 is 10.5 Å². The molecule has 5 heteroatoms. The molecule has 3 unspecified atom stereocenters. The van der Waals surface area contributed by atoms with E-state index >= 15 is 0 Å². The summed E-state index contributed by atoms with van der Waals surface area (Å²) in [7, 11) is 3.78. The molecule has 3 atom stereocenters. The molecule has 0 aliphatic carbocycles. The number of rotatable bonds is 4. The van der Waals surface area contributed by atoms with Crippen LogP contribution in [0.3, 0.4) is 0 Å². The lowest BCUT2D eigenvalue weighted by molar-refractivity contribution is -0.0184. The SMILES string of the molecule is COC1CN(C(CN)c2cnn(C)c2C)CCC1C. The average Bonchev–Trinajstić information content (AvgIpc) is 2.74. The van der Waals surface area contributed by atoms with E-state index in [2.05, 4.69) is 23.8 Å². The normalized spacial score (nSPS) is 26.6. The zero-order valence-corrected chi connectivity index (χ0v) is 12.5. The third kappa shape index (κ3) is 2.83. The molecule has 0 aromatic carbocycles. The predicted octanol–water partition coefficient (Wildman–Crippen LogP) is 1.09. The molecule has 2 rings (SSSR count). The van der Waals surface area contributed by atoms with Crippen LogP contribution in [0.2, 0.25) is 0 Å². The van der Waals surface area contributed by atoms with Crippen LogP contribution in [0, 0.1) is 12.8 Å². The Labute approximate surface area is 115 Å². The predicted molar refractivity (Wildman–Crippen MR) is 75.9 cm³/mol. The van der Waals surface area contributed by atoms with E-state index in [1.807, 2.05) is 17.9 Å². The van der Waals surface area contributed by atoms with Gasteiger partial charge in [0.2, 0.25) is 0 Å². The van der Waals surface area contributed by atoms with Crippen LogP contribution in [-0.4, -0.2) is 47.5 Å². The van der Waals surface area contributed by atoms with Gasteiger partial charge >= 0.3 is 0 Å². The Balaban J connectivity index is 2.16. The molecule has 0 saturated carbocycles. The van der Waals surface area contributed by atoms with Crippen molar-refractivity contribution >= 4 is 0 Å². The van der Waals surface area contributed by atoms with Gasteiger partial charge in [0.1, 0.15) is 0 Å². The van der Waals surface area contributed by atoms with Crippen molar-refractivity contribution in [2.45, 2.75) is 32.4 Å². The molecule has 0 spiro atoms. The quantitative estimate of drug-likeness (QED) is 0.886. The Hall–Kier alpha value is -0.910.